The van der Waals surface area contributed by atoms with Crippen molar-refractivity contribution in [2.45, 2.75) is 46.1 Å². The number of fused-ring (bicyclic) bond motifs is 1. The Balaban J connectivity index is 2.09. The van der Waals surface area contributed by atoms with E-state index in [9.17, 15) is 0 Å². The Kier molecular flexibility index (Phi) is 2.58. The Labute approximate surface area is 108 Å². The number of anilines is 1. The van der Waals surface area contributed by atoms with Crippen molar-refractivity contribution in [1.82, 2.24) is 9.55 Å². The monoisotopic (exact) mass is 243 g/mol. The summed E-state index contributed by atoms with van der Waals surface area (Å²) in [6.45, 7) is 5.67. The van der Waals surface area contributed by atoms with Crippen LogP contribution in [0, 0.1) is 5.41 Å². The SMILES string of the molecule is CCCc1nc2cc(N)ccc2n1CC1(C)CC1. The van der Waals surface area contributed by atoms with Gasteiger partial charge in [0.25, 0.3) is 0 Å². The number of benzene rings is 1. The van der Waals surface area contributed by atoms with Gasteiger partial charge in [0.05, 0.1) is 11.0 Å². The topological polar surface area (TPSA) is 43.8 Å². The van der Waals surface area contributed by atoms with Crippen molar-refractivity contribution < 1.29 is 0 Å². The standard InChI is InChI=1S/C15H21N3/c1-3-4-14-17-12-9-11(16)5-6-13(12)18(14)10-15(2)7-8-15/h5-6,9H,3-4,7-8,10,16H2,1-2H3. The first-order valence-corrected chi connectivity index (χ1v) is 6.86. The van der Waals surface area contributed by atoms with Gasteiger partial charge in [0.2, 0.25) is 0 Å². The second-order valence-corrected chi connectivity index (χ2v) is 5.92. The Morgan fingerprint density at radius 3 is 2.83 bits per heavy atom. The number of imidazole rings is 1. The Hall–Kier alpha value is -1.51. The highest BCUT2D eigenvalue weighted by molar-refractivity contribution is 5.79. The van der Waals surface area contributed by atoms with Gasteiger partial charge in [-0.2, -0.15) is 0 Å². The number of nitrogens with zero attached hydrogens (tertiary/aromatic N) is 2. The van der Waals surface area contributed by atoms with Gasteiger partial charge in [0, 0.05) is 18.7 Å². The molecular weight excluding hydrogens is 222 g/mol. The molecule has 3 nitrogen and oxygen atoms in total. The maximum atomic E-state index is 5.85. The Bertz CT molecular complexity index is 579. The lowest BCUT2D eigenvalue weighted by atomic mass is 10.1. The van der Waals surface area contributed by atoms with E-state index in [4.69, 9.17) is 10.7 Å². The van der Waals surface area contributed by atoms with Crippen LogP contribution in [-0.4, -0.2) is 9.55 Å². The molecule has 2 aromatic rings. The van der Waals surface area contributed by atoms with Crippen LogP contribution >= 0.6 is 0 Å². The molecule has 0 saturated heterocycles. The molecule has 1 aromatic heterocycles. The fourth-order valence-corrected chi connectivity index (χ4v) is 2.54. The zero-order valence-electron chi connectivity index (χ0n) is 11.2. The van der Waals surface area contributed by atoms with Crippen LogP contribution in [0.5, 0.6) is 0 Å². The molecule has 0 aliphatic heterocycles. The van der Waals surface area contributed by atoms with E-state index in [1.807, 2.05) is 12.1 Å². The van der Waals surface area contributed by atoms with E-state index in [1.54, 1.807) is 0 Å². The van der Waals surface area contributed by atoms with E-state index in [0.29, 0.717) is 5.41 Å². The predicted molar refractivity (Wildman–Crippen MR) is 75.5 cm³/mol. The van der Waals surface area contributed by atoms with Crippen LogP contribution < -0.4 is 5.73 Å². The number of hydrogen-bond acceptors (Lipinski definition) is 2. The van der Waals surface area contributed by atoms with Crippen molar-refractivity contribution in [3.05, 3.63) is 24.0 Å². The van der Waals surface area contributed by atoms with Gasteiger partial charge in [0.1, 0.15) is 5.82 Å². The summed E-state index contributed by atoms with van der Waals surface area (Å²) in [4.78, 5) is 4.76. The van der Waals surface area contributed by atoms with Crippen LogP contribution in [-0.2, 0) is 13.0 Å². The second-order valence-electron chi connectivity index (χ2n) is 5.92. The number of nitrogen functional groups attached to an aromatic ring is 1. The molecule has 96 valence electrons. The molecule has 0 amide bonds. The zero-order valence-corrected chi connectivity index (χ0v) is 11.2. The van der Waals surface area contributed by atoms with E-state index < -0.39 is 0 Å². The molecule has 1 aliphatic rings. The normalized spacial score (nSPS) is 17.2. The third-order valence-corrected chi connectivity index (χ3v) is 3.97. The largest absolute Gasteiger partial charge is 0.399 e. The summed E-state index contributed by atoms with van der Waals surface area (Å²) >= 11 is 0. The number of aromatic nitrogens is 2. The molecule has 0 atom stereocenters. The molecule has 2 N–H and O–H groups in total. The van der Waals surface area contributed by atoms with Gasteiger partial charge in [-0.1, -0.05) is 13.8 Å². The number of hydrogen-bond donors (Lipinski definition) is 1. The third kappa shape index (κ3) is 1.98. The van der Waals surface area contributed by atoms with E-state index in [0.717, 1.165) is 30.6 Å². The Morgan fingerprint density at radius 2 is 2.17 bits per heavy atom. The van der Waals surface area contributed by atoms with Crippen molar-refractivity contribution in [3.8, 4) is 0 Å². The minimum Gasteiger partial charge on any atom is -0.399 e. The third-order valence-electron chi connectivity index (χ3n) is 3.97. The molecule has 3 heteroatoms. The van der Waals surface area contributed by atoms with Crippen LogP contribution in [0.4, 0.5) is 5.69 Å². The van der Waals surface area contributed by atoms with E-state index in [1.165, 1.54) is 24.2 Å². The first kappa shape index (κ1) is 11.6. The average Bonchev–Trinajstić information content (AvgIpc) is 2.96. The molecule has 1 saturated carbocycles. The molecule has 1 heterocycles. The molecular formula is C15H21N3. The van der Waals surface area contributed by atoms with Crippen LogP contribution in [0.3, 0.4) is 0 Å². The fraction of sp³-hybridized carbons (Fsp3) is 0.533. The minimum absolute atomic E-state index is 0.498. The molecule has 0 bridgehead atoms. The van der Waals surface area contributed by atoms with Gasteiger partial charge < -0.3 is 10.3 Å². The van der Waals surface area contributed by atoms with Gasteiger partial charge in [-0.15, -0.1) is 0 Å². The van der Waals surface area contributed by atoms with Crippen molar-refractivity contribution >= 4 is 16.7 Å². The maximum Gasteiger partial charge on any atom is 0.109 e. The lowest BCUT2D eigenvalue weighted by Crippen LogP contribution is -2.11. The fourth-order valence-electron chi connectivity index (χ4n) is 2.54. The number of nitrogens with two attached hydrogens (primary N) is 1. The molecule has 1 aliphatic carbocycles. The molecule has 1 aromatic carbocycles. The van der Waals surface area contributed by atoms with Crippen molar-refractivity contribution in [2.75, 3.05) is 5.73 Å². The van der Waals surface area contributed by atoms with Crippen molar-refractivity contribution in [1.29, 1.82) is 0 Å². The lowest BCUT2D eigenvalue weighted by Gasteiger charge is -2.13. The van der Waals surface area contributed by atoms with Gasteiger partial charge >= 0.3 is 0 Å². The molecule has 1 fully saturated rings. The van der Waals surface area contributed by atoms with Gasteiger partial charge in [0.15, 0.2) is 0 Å². The molecule has 3 rings (SSSR count). The van der Waals surface area contributed by atoms with Gasteiger partial charge in [-0.3, -0.25) is 0 Å². The minimum atomic E-state index is 0.498. The van der Waals surface area contributed by atoms with E-state index in [2.05, 4.69) is 24.5 Å². The summed E-state index contributed by atoms with van der Waals surface area (Å²) < 4.78 is 2.41. The van der Waals surface area contributed by atoms with Gasteiger partial charge in [-0.25, -0.2) is 4.98 Å². The van der Waals surface area contributed by atoms with E-state index in [-0.39, 0.29) is 0 Å². The van der Waals surface area contributed by atoms with Gasteiger partial charge in [-0.05, 0) is 42.9 Å². The molecule has 0 spiro atoms. The predicted octanol–water partition coefficient (Wildman–Crippen LogP) is 3.37. The van der Waals surface area contributed by atoms with Crippen LogP contribution in [0.2, 0.25) is 0 Å². The van der Waals surface area contributed by atoms with Crippen LogP contribution in [0.15, 0.2) is 18.2 Å². The zero-order chi connectivity index (χ0) is 12.8. The number of aryl methyl sites for hydroxylation is 1. The quantitative estimate of drug-likeness (QED) is 0.837. The summed E-state index contributed by atoms with van der Waals surface area (Å²) in [5, 5.41) is 0. The highest BCUT2D eigenvalue weighted by atomic mass is 15.1. The Morgan fingerprint density at radius 1 is 1.39 bits per heavy atom. The molecule has 0 unspecified atom stereocenters. The average molecular weight is 243 g/mol. The van der Waals surface area contributed by atoms with Crippen LogP contribution in [0.25, 0.3) is 11.0 Å². The van der Waals surface area contributed by atoms with Crippen molar-refractivity contribution in [3.63, 3.8) is 0 Å². The highest BCUT2D eigenvalue weighted by Gasteiger charge is 2.38. The first-order valence-electron chi connectivity index (χ1n) is 6.86. The summed E-state index contributed by atoms with van der Waals surface area (Å²) in [6.07, 6.45) is 4.86. The smallest absolute Gasteiger partial charge is 0.109 e. The molecule has 0 radical (unpaired) electrons. The van der Waals surface area contributed by atoms with Crippen molar-refractivity contribution in [2.24, 2.45) is 5.41 Å². The second kappa shape index (κ2) is 4.01. The van der Waals surface area contributed by atoms with Crippen LogP contribution in [0.1, 0.15) is 38.9 Å². The maximum absolute atomic E-state index is 5.85. The first-order chi connectivity index (χ1) is 8.61. The summed E-state index contributed by atoms with van der Waals surface area (Å²) in [7, 11) is 0. The summed E-state index contributed by atoms with van der Waals surface area (Å²) in [6, 6.07) is 6.08. The summed E-state index contributed by atoms with van der Waals surface area (Å²) in [5.41, 5.74) is 9.42. The summed E-state index contributed by atoms with van der Waals surface area (Å²) in [5.74, 6) is 1.21. The molecule has 18 heavy (non-hydrogen) atoms. The number of rotatable bonds is 4. The highest BCUT2D eigenvalue weighted by Crippen LogP contribution is 2.47. The van der Waals surface area contributed by atoms with E-state index >= 15 is 0 Å². The lowest BCUT2D eigenvalue weighted by molar-refractivity contribution is 0.460.